The zero-order chi connectivity index (χ0) is 23.0. The van der Waals surface area contributed by atoms with Crippen LogP contribution in [-0.2, 0) is 22.1 Å². The van der Waals surface area contributed by atoms with Crippen LogP contribution in [0, 0.1) is 0 Å². The van der Waals surface area contributed by atoms with Gasteiger partial charge in [0, 0.05) is 51.7 Å². The monoisotopic (exact) mass is 478 g/mol. The lowest BCUT2D eigenvalue weighted by atomic mass is 10.5. The lowest BCUT2D eigenvalue weighted by molar-refractivity contribution is 0.0709. The van der Waals surface area contributed by atoms with E-state index in [1.165, 1.54) is 0 Å². The molecule has 0 saturated carbocycles. The first kappa shape index (κ1) is 37.4. The van der Waals surface area contributed by atoms with Crippen molar-refractivity contribution in [1.82, 2.24) is 0 Å². The average molecular weight is 479 g/mol. The van der Waals surface area contributed by atoms with Crippen molar-refractivity contribution in [3.05, 3.63) is 0 Å². The third kappa shape index (κ3) is 22.7. The van der Waals surface area contributed by atoms with Crippen LogP contribution in [0.1, 0.15) is 54.4 Å². The predicted octanol–water partition coefficient (Wildman–Crippen LogP) is 0.897. The highest BCUT2D eigenvalue weighted by Crippen LogP contribution is 2.17. The average Bonchev–Trinajstić information content (AvgIpc) is 2.67. The Morgan fingerprint density at radius 3 is 1.20 bits per heavy atom. The molecule has 0 aromatic carbocycles. The molecule has 0 amide bonds. The van der Waals surface area contributed by atoms with Gasteiger partial charge in [-0.3, -0.25) is 0 Å². The van der Waals surface area contributed by atoms with Crippen molar-refractivity contribution in [3.8, 4) is 0 Å². The van der Waals surface area contributed by atoms with E-state index in [4.69, 9.17) is 38.7 Å². The van der Waals surface area contributed by atoms with Crippen LogP contribution >= 0.6 is 0 Å². The predicted molar refractivity (Wildman–Crippen MR) is 125 cm³/mol. The van der Waals surface area contributed by atoms with Crippen LogP contribution in [-0.4, -0.2) is 85.7 Å². The maximum Gasteiger partial charge on any atom is 0.500 e. The molecular formula is C18H50N2O8Si2. The van der Waals surface area contributed by atoms with Gasteiger partial charge in [0.2, 0.25) is 0 Å². The first-order valence-electron chi connectivity index (χ1n) is 10.8. The van der Waals surface area contributed by atoms with Crippen molar-refractivity contribution in [2.75, 3.05) is 52.7 Å². The molecule has 0 atom stereocenters. The first-order chi connectivity index (χ1) is 13.8. The van der Waals surface area contributed by atoms with Gasteiger partial charge >= 0.3 is 17.6 Å². The van der Waals surface area contributed by atoms with Gasteiger partial charge in [-0.05, 0) is 67.5 Å². The standard InChI is InChI=1S/C9H23NO3Si.C7H19NO3Si.C2H6O.H2O/c1-4-11-14(12-5-2,13-6-3)9-7-8-10;1-3-10-12(9,11-4-2)7-5-6-8;1-2-3;/h4-10H2,1-3H3;9H,3-8H2,1-2H3;3H,2H2,1H3;1H2. The van der Waals surface area contributed by atoms with Gasteiger partial charge in [0.25, 0.3) is 0 Å². The Morgan fingerprint density at radius 1 is 0.633 bits per heavy atom. The zero-order valence-corrected chi connectivity index (χ0v) is 22.1. The molecule has 0 bridgehead atoms. The normalized spacial score (nSPS) is 11.0. The molecule has 8 N–H and O–H groups in total. The molecule has 0 radical (unpaired) electrons. The fraction of sp³-hybridized carbons (Fsp3) is 1.00. The summed E-state index contributed by atoms with van der Waals surface area (Å²) in [4.78, 5) is 9.78. The molecule has 188 valence electrons. The molecule has 12 heteroatoms. The van der Waals surface area contributed by atoms with E-state index in [9.17, 15) is 4.80 Å². The highest BCUT2D eigenvalue weighted by molar-refractivity contribution is 6.60. The van der Waals surface area contributed by atoms with Gasteiger partial charge in [0.05, 0.1) is 0 Å². The molecule has 10 nitrogen and oxygen atoms in total. The lowest BCUT2D eigenvalue weighted by Gasteiger charge is -2.28. The number of hydrogen-bond acceptors (Lipinski definition) is 9. The molecule has 0 aromatic heterocycles. The summed E-state index contributed by atoms with van der Waals surface area (Å²) in [6.45, 7) is 15.6. The van der Waals surface area contributed by atoms with Gasteiger partial charge in [0.15, 0.2) is 0 Å². The molecule has 0 heterocycles. The van der Waals surface area contributed by atoms with Crippen LogP contribution in [0.25, 0.3) is 0 Å². The van der Waals surface area contributed by atoms with Gasteiger partial charge in [0.1, 0.15) is 0 Å². The van der Waals surface area contributed by atoms with Gasteiger partial charge in [-0.15, -0.1) is 0 Å². The van der Waals surface area contributed by atoms with Gasteiger partial charge in [-0.1, -0.05) is 0 Å². The van der Waals surface area contributed by atoms with Crippen LogP contribution < -0.4 is 11.5 Å². The van der Waals surface area contributed by atoms with Crippen LogP contribution in [0.2, 0.25) is 12.1 Å². The Kier molecular flexibility index (Phi) is 33.7. The number of hydrogen-bond donors (Lipinski definition) is 4. The first-order valence-corrected chi connectivity index (χ1v) is 14.7. The lowest BCUT2D eigenvalue weighted by Crippen LogP contribution is -2.46. The van der Waals surface area contributed by atoms with Crippen molar-refractivity contribution >= 4 is 17.6 Å². The molecule has 0 aliphatic heterocycles. The molecule has 0 aromatic rings. The fourth-order valence-electron chi connectivity index (χ4n) is 2.28. The summed E-state index contributed by atoms with van der Waals surface area (Å²) in [5.74, 6) is 0. The Hall–Kier alpha value is 0.0338. The van der Waals surface area contributed by atoms with Crippen molar-refractivity contribution < 1.29 is 37.5 Å². The highest BCUT2D eigenvalue weighted by Gasteiger charge is 2.39. The zero-order valence-electron chi connectivity index (χ0n) is 20.1. The largest absolute Gasteiger partial charge is 0.500 e. The van der Waals surface area contributed by atoms with Crippen LogP contribution in [0.3, 0.4) is 0 Å². The van der Waals surface area contributed by atoms with Gasteiger partial charge in [-0.25, -0.2) is 0 Å². The second kappa shape index (κ2) is 27.1. The van der Waals surface area contributed by atoms with E-state index in [1.54, 1.807) is 6.92 Å². The van der Waals surface area contributed by atoms with E-state index in [0.29, 0.717) is 52.2 Å². The van der Waals surface area contributed by atoms with Gasteiger partial charge in [-0.2, -0.15) is 0 Å². The minimum atomic E-state index is -2.85. The molecule has 30 heavy (non-hydrogen) atoms. The van der Waals surface area contributed by atoms with Crippen molar-refractivity contribution in [1.29, 1.82) is 0 Å². The number of aliphatic hydroxyl groups excluding tert-OH is 1. The molecule has 0 aliphatic carbocycles. The minimum absolute atomic E-state index is 0. The highest BCUT2D eigenvalue weighted by atomic mass is 28.4. The summed E-state index contributed by atoms with van der Waals surface area (Å²) < 4.78 is 27.3. The molecule has 0 spiro atoms. The third-order valence-corrected chi connectivity index (χ3v) is 8.83. The molecule has 0 fully saturated rings. The quantitative estimate of drug-likeness (QED) is 0.235. The van der Waals surface area contributed by atoms with Crippen molar-refractivity contribution in [2.45, 2.75) is 66.5 Å². The van der Waals surface area contributed by atoms with Crippen molar-refractivity contribution in [2.24, 2.45) is 11.5 Å². The van der Waals surface area contributed by atoms with E-state index in [1.807, 2.05) is 34.6 Å². The SMILES string of the molecule is CCO.CCO[Si](CCCN)(OCC)OCC.CCO[Si](O)(CCCN)OCC.O. The third-order valence-electron chi connectivity index (χ3n) is 3.22. The maximum atomic E-state index is 9.78. The van der Waals surface area contributed by atoms with Crippen LogP contribution in [0.5, 0.6) is 0 Å². The summed E-state index contributed by atoms with van der Waals surface area (Å²) in [5, 5.41) is 7.57. The molecule has 0 unspecified atom stereocenters. The second-order valence-electron chi connectivity index (χ2n) is 5.66. The van der Waals surface area contributed by atoms with E-state index in [2.05, 4.69) is 0 Å². The number of nitrogens with two attached hydrogens (primary N) is 2. The van der Waals surface area contributed by atoms with Crippen molar-refractivity contribution in [3.63, 3.8) is 0 Å². The van der Waals surface area contributed by atoms with Crippen LogP contribution in [0.4, 0.5) is 0 Å². The Labute approximate surface area is 186 Å². The maximum absolute atomic E-state index is 9.78. The number of rotatable bonds is 16. The fourth-order valence-corrected chi connectivity index (χ4v) is 6.85. The Balaban J connectivity index is -0.000000195. The molecular weight excluding hydrogens is 428 g/mol. The summed E-state index contributed by atoms with van der Waals surface area (Å²) in [7, 11) is -5.25. The summed E-state index contributed by atoms with van der Waals surface area (Å²) in [5.41, 5.74) is 10.8. The molecule has 0 rings (SSSR count). The molecule has 0 saturated heterocycles. The Morgan fingerprint density at radius 2 is 0.933 bits per heavy atom. The summed E-state index contributed by atoms with van der Waals surface area (Å²) >= 11 is 0. The van der Waals surface area contributed by atoms with Gasteiger partial charge < -0.3 is 49.0 Å². The molecule has 0 aliphatic rings. The number of aliphatic hydroxyl groups is 1. The Bertz CT molecular complexity index is 299. The summed E-state index contributed by atoms with van der Waals surface area (Å²) in [6.07, 6.45) is 1.65. The topological polar surface area (TPSA) is 170 Å². The summed E-state index contributed by atoms with van der Waals surface area (Å²) in [6, 6.07) is 1.38. The minimum Gasteiger partial charge on any atom is -0.412 e. The van der Waals surface area contributed by atoms with E-state index in [0.717, 1.165) is 18.9 Å². The van der Waals surface area contributed by atoms with Crippen LogP contribution in [0.15, 0.2) is 0 Å². The smallest absolute Gasteiger partial charge is 0.412 e. The van der Waals surface area contributed by atoms with E-state index < -0.39 is 17.6 Å². The van der Waals surface area contributed by atoms with E-state index in [-0.39, 0.29) is 12.1 Å². The van der Waals surface area contributed by atoms with E-state index >= 15 is 0 Å². The second-order valence-corrected chi connectivity index (χ2v) is 10.9.